The summed E-state index contributed by atoms with van der Waals surface area (Å²) in [6.07, 6.45) is 4.35. The van der Waals surface area contributed by atoms with Crippen LogP contribution in [0.1, 0.15) is 36.5 Å². The van der Waals surface area contributed by atoms with Crippen molar-refractivity contribution in [1.29, 1.82) is 0 Å². The van der Waals surface area contributed by atoms with Crippen LogP contribution in [0.3, 0.4) is 0 Å². The van der Waals surface area contributed by atoms with E-state index in [1.54, 1.807) is 12.5 Å². The van der Waals surface area contributed by atoms with E-state index in [1.807, 2.05) is 25.1 Å². The van der Waals surface area contributed by atoms with Gasteiger partial charge >= 0.3 is 0 Å². The molecule has 2 atom stereocenters. The smallest absolute Gasteiger partial charge is 0.122 e. The Morgan fingerprint density at radius 2 is 2.11 bits per heavy atom. The first-order chi connectivity index (χ1) is 9.11. The molecule has 0 spiro atoms. The van der Waals surface area contributed by atoms with Gasteiger partial charge < -0.3 is 14.6 Å². The van der Waals surface area contributed by atoms with Crippen LogP contribution in [-0.2, 0) is 6.54 Å². The monoisotopic (exact) mass is 262 g/mol. The van der Waals surface area contributed by atoms with Crippen LogP contribution in [0.15, 0.2) is 39.6 Å². The Morgan fingerprint density at radius 3 is 2.63 bits per heavy atom. The van der Waals surface area contributed by atoms with Gasteiger partial charge in [-0.05, 0) is 38.6 Å². The fourth-order valence-electron chi connectivity index (χ4n) is 2.36. The van der Waals surface area contributed by atoms with E-state index in [4.69, 9.17) is 14.6 Å². The number of rotatable bonds is 6. The Labute approximate surface area is 114 Å². The third-order valence-electron chi connectivity index (χ3n) is 3.42. The van der Waals surface area contributed by atoms with E-state index in [2.05, 4.69) is 18.9 Å². The quantitative estimate of drug-likeness (QED) is 0.869. The van der Waals surface area contributed by atoms with Crippen LogP contribution in [0.2, 0.25) is 0 Å². The molecule has 2 rings (SSSR count). The number of likely N-dealkylation sites (N-methyl/N-ethyl adjacent to an activating group) is 1. The Kier molecular flexibility index (Phi) is 4.45. The van der Waals surface area contributed by atoms with Gasteiger partial charge in [-0.3, -0.25) is 4.90 Å². The largest absolute Gasteiger partial charge is 0.472 e. The molecule has 4 heteroatoms. The second-order valence-corrected chi connectivity index (χ2v) is 5.01. The highest BCUT2D eigenvalue weighted by atomic mass is 16.3. The van der Waals surface area contributed by atoms with Gasteiger partial charge in [0, 0.05) is 18.2 Å². The molecular weight excluding hydrogens is 240 g/mol. The summed E-state index contributed by atoms with van der Waals surface area (Å²) in [5.41, 5.74) is 7.40. The van der Waals surface area contributed by atoms with Gasteiger partial charge in [-0.15, -0.1) is 0 Å². The zero-order valence-corrected chi connectivity index (χ0v) is 11.8. The standard InChI is InChI=1S/C15H22N2O2/c1-4-13(16)15(14-6-5-11(2)19-14)17(3)9-12-7-8-18-10-12/h5-8,10,13,15H,4,9,16H2,1-3H3. The third kappa shape index (κ3) is 3.28. The lowest BCUT2D eigenvalue weighted by Crippen LogP contribution is -2.38. The maximum absolute atomic E-state index is 6.26. The van der Waals surface area contributed by atoms with Gasteiger partial charge in [0.15, 0.2) is 0 Å². The van der Waals surface area contributed by atoms with Crippen molar-refractivity contribution in [3.63, 3.8) is 0 Å². The van der Waals surface area contributed by atoms with Gasteiger partial charge in [0.05, 0.1) is 18.6 Å². The van der Waals surface area contributed by atoms with Crippen LogP contribution in [0.25, 0.3) is 0 Å². The molecular formula is C15H22N2O2. The van der Waals surface area contributed by atoms with Gasteiger partial charge in [0.2, 0.25) is 0 Å². The highest BCUT2D eigenvalue weighted by Gasteiger charge is 2.26. The van der Waals surface area contributed by atoms with Crippen molar-refractivity contribution in [2.45, 2.75) is 38.9 Å². The highest BCUT2D eigenvalue weighted by Crippen LogP contribution is 2.27. The molecule has 2 unspecified atom stereocenters. The van der Waals surface area contributed by atoms with Gasteiger partial charge in [-0.25, -0.2) is 0 Å². The third-order valence-corrected chi connectivity index (χ3v) is 3.42. The molecule has 2 heterocycles. The maximum atomic E-state index is 6.26. The van der Waals surface area contributed by atoms with E-state index < -0.39 is 0 Å². The molecule has 0 aliphatic rings. The number of furan rings is 2. The van der Waals surface area contributed by atoms with Gasteiger partial charge in [0.1, 0.15) is 11.5 Å². The zero-order valence-electron chi connectivity index (χ0n) is 11.8. The minimum atomic E-state index is 0.0439. The molecule has 0 saturated carbocycles. The first-order valence-electron chi connectivity index (χ1n) is 6.65. The fraction of sp³-hybridized carbons (Fsp3) is 0.467. The first-order valence-corrected chi connectivity index (χ1v) is 6.65. The molecule has 0 saturated heterocycles. The Hall–Kier alpha value is -1.52. The van der Waals surface area contributed by atoms with Crippen LogP contribution in [-0.4, -0.2) is 18.0 Å². The molecule has 2 aromatic rings. The van der Waals surface area contributed by atoms with E-state index in [0.29, 0.717) is 0 Å². The van der Waals surface area contributed by atoms with E-state index in [-0.39, 0.29) is 12.1 Å². The van der Waals surface area contributed by atoms with Gasteiger partial charge in [0.25, 0.3) is 0 Å². The minimum absolute atomic E-state index is 0.0439. The van der Waals surface area contributed by atoms with Crippen molar-refractivity contribution in [3.8, 4) is 0 Å². The number of nitrogens with zero attached hydrogens (tertiary/aromatic N) is 1. The molecule has 0 aliphatic carbocycles. The summed E-state index contributed by atoms with van der Waals surface area (Å²) < 4.78 is 10.9. The topological polar surface area (TPSA) is 55.5 Å². The van der Waals surface area contributed by atoms with Crippen LogP contribution in [0.5, 0.6) is 0 Å². The molecule has 0 fully saturated rings. The molecule has 0 aromatic carbocycles. The summed E-state index contributed by atoms with van der Waals surface area (Å²) in [6, 6.07) is 6.09. The molecule has 2 N–H and O–H groups in total. The molecule has 104 valence electrons. The number of hydrogen-bond donors (Lipinski definition) is 1. The van der Waals surface area contributed by atoms with Crippen molar-refractivity contribution in [3.05, 3.63) is 47.8 Å². The lowest BCUT2D eigenvalue weighted by Gasteiger charge is -2.30. The normalized spacial score (nSPS) is 14.8. The van der Waals surface area contributed by atoms with Crippen molar-refractivity contribution in [2.75, 3.05) is 7.05 Å². The molecule has 0 amide bonds. The van der Waals surface area contributed by atoms with Crippen LogP contribution in [0, 0.1) is 6.92 Å². The Balaban J connectivity index is 2.17. The van der Waals surface area contributed by atoms with Crippen molar-refractivity contribution >= 4 is 0 Å². The maximum Gasteiger partial charge on any atom is 0.122 e. The fourth-order valence-corrected chi connectivity index (χ4v) is 2.36. The minimum Gasteiger partial charge on any atom is -0.472 e. The van der Waals surface area contributed by atoms with E-state index in [9.17, 15) is 0 Å². The SMILES string of the molecule is CCC(N)C(c1ccc(C)o1)N(C)Cc1ccoc1. The van der Waals surface area contributed by atoms with Gasteiger partial charge in [-0.2, -0.15) is 0 Å². The van der Waals surface area contributed by atoms with E-state index >= 15 is 0 Å². The predicted molar refractivity (Wildman–Crippen MR) is 74.6 cm³/mol. The molecule has 2 aromatic heterocycles. The second kappa shape index (κ2) is 6.08. The van der Waals surface area contributed by atoms with Crippen LogP contribution < -0.4 is 5.73 Å². The zero-order chi connectivity index (χ0) is 13.8. The molecule has 0 bridgehead atoms. The lowest BCUT2D eigenvalue weighted by molar-refractivity contribution is 0.174. The second-order valence-electron chi connectivity index (χ2n) is 5.01. The first kappa shape index (κ1) is 13.9. The summed E-state index contributed by atoms with van der Waals surface area (Å²) in [5, 5.41) is 0. The average Bonchev–Trinajstić information content (AvgIpc) is 3.01. The number of hydrogen-bond acceptors (Lipinski definition) is 4. The van der Waals surface area contributed by atoms with Crippen molar-refractivity contribution < 1.29 is 8.83 Å². The summed E-state index contributed by atoms with van der Waals surface area (Å²) in [4.78, 5) is 2.21. The molecule has 0 aliphatic heterocycles. The summed E-state index contributed by atoms with van der Waals surface area (Å²) >= 11 is 0. The summed E-state index contributed by atoms with van der Waals surface area (Å²) in [5.74, 6) is 1.85. The van der Waals surface area contributed by atoms with Gasteiger partial charge in [-0.1, -0.05) is 6.92 Å². The van der Waals surface area contributed by atoms with Crippen molar-refractivity contribution in [1.82, 2.24) is 4.90 Å². The van der Waals surface area contributed by atoms with Crippen LogP contribution in [0.4, 0.5) is 0 Å². The molecule has 19 heavy (non-hydrogen) atoms. The van der Waals surface area contributed by atoms with Crippen LogP contribution >= 0.6 is 0 Å². The Morgan fingerprint density at radius 1 is 1.32 bits per heavy atom. The Bertz CT molecular complexity index is 490. The average molecular weight is 262 g/mol. The summed E-state index contributed by atoms with van der Waals surface area (Å²) in [6.45, 7) is 4.84. The predicted octanol–water partition coefficient (Wildman–Crippen LogP) is 3.09. The highest BCUT2D eigenvalue weighted by molar-refractivity contribution is 5.13. The van der Waals surface area contributed by atoms with E-state index in [1.165, 1.54) is 0 Å². The molecule has 4 nitrogen and oxygen atoms in total. The summed E-state index contributed by atoms with van der Waals surface area (Å²) in [7, 11) is 2.06. The van der Waals surface area contributed by atoms with E-state index in [0.717, 1.165) is 30.0 Å². The number of aryl methyl sites for hydroxylation is 1. The number of nitrogens with two attached hydrogens (primary N) is 1. The molecule has 0 radical (unpaired) electrons. The van der Waals surface area contributed by atoms with Crippen molar-refractivity contribution in [2.24, 2.45) is 5.73 Å². The lowest BCUT2D eigenvalue weighted by atomic mass is 10.0.